The average Bonchev–Trinajstić information content (AvgIpc) is 2.54. The molecule has 1 fully saturated rings. The highest BCUT2D eigenvalue weighted by Gasteiger charge is 2.20. The maximum atomic E-state index is 11.2. The first kappa shape index (κ1) is 8.91. The van der Waals surface area contributed by atoms with E-state index in [0.29, 0.717) is 13.2 Å². The van der Waals surface area contributed by atoms with E-state index in [0.717, 1.165) is 4.57 Å². The summed E-state index contributed by atoms with van der Waals surface area (Å²) in [6.07, 6.45) is -0.803. The van der Waals surface area contributed by atoms with Gasteiger partial charge in [-0.2, -0.15) is 0 Å². The van der Waals surface area contributed by atoms with Crippen molar-refractivity contribution in [3.8, 4) is 0 Å². The van der Waals surface area contributed by atoms with Crippen molar-refractivity contribution in [2.75, 3.05) is 13.2 Å². The van der Waals surface area contributed by atoms with Gasteiger partial charge in [0.15, 0.2) is 6.35 Å². The highest BCUT2D eigenvalue weighted by molar-refractivity contribution is 4.73. The number of rotatable bonds is 1. The van der Waals surface area contributed by atoms with Crippen LogP contribution in [0.2, 0.25) is 0 Å². The molecule has 1 aromatic rings. The first-order valence-corrected chi connectivity index (χ1v) is 3.98. The molecule has 1 atom stereocenters. The van der Waals surface area contributed by atoms with E-state index in [1.165, 1.54) is 0 Å². The lowest BCUT2D eigenvalue weighted by atomic mass is 10.7. The minimum absolute atomic E-state index is 0.412. The molecule has 0 bridgehead atoms. The third kappa shape index (κ3) is 1.40. The van der Waals surface area contributed by atoms with Gasteiger partial charge in [-0.1, -0.05) is 0 Å². The molecule has 1 aliphatic rings. The number of H-pyrrole nitrogens is 2. The lowest BCUT2D eigenvalue weighted by Gasteiger charge is -2.10. The van der Waals surface area contributed by atoms with Gasteiger partial charge in [-0.25, -0.2) is 19.0 Å². The van der Waals surface area contributed by atoms with Gasteiger partial charge in [0.25, 0.3) is 0 Å². The van der Waals surface area contributed by atoms with E-state index in [1.807, 2.05) is 9.97 Å². The number of aromatic amines is 2. The van der Waals surface area contributed by atoms with Crippen molar-refractivity contribution in [3.63, 3.8) is 0 Å². The molecule has 1 unspecified atom stereocenters. The Morgan fingerprint density at radius 3 is 2.36 bits per heavy atom. The molecule has 3 N–H and O–H groups in total. The molecule has 0 aliphatic carbocycles. The number of ether oxygens (including phenoxy) is 1. The van der Waals surface area contributed by atoms with Crippen LogP contribution >= 0.6 is 0 Å². The summed E-state index contributed by atoms with van der Waals surface area (Å²) in [5.74, 6) is 0. The summed E-state index contributed by atoms with van der Waals surface area (Å²) in [5.41, 5.74) is -2.41. The van der Waals surface area contributed by atoms with E-state index in [4.69, 9.17) is 4.74 Å². The number of nitrogens with one attached hydrogen (secondary N) is 3. The topological polar surface area (TPSA) is 109 Å². The smallest absolute Gasteiger partial charge is 0.336 e. The number of aromatic nitrogens is 3. The fourth-order valence-electron chi connectivity index (χ4n) is 1.23. The third-order valence-electron chi connectivity index (χ3n) is 1.81. The zero-order valence-corrected chi connectivity index (χ0v) is 7.07. The molecule has 2 heterocycles. The predicted octanol–water partition coefficient (Wildman–Crippen LogP) is -2.70. The maximum Gasteiger partial charge on any atom is 0.336 e. The normalized spacial score (nSPS) is 21.3. The Labute approximate surface area is 76.5 Å². The van der Waals surface area contributed by atoms with E-state index in [2.05, 4.69) is 5.32 Å². The molecule has 0 saturated carbocycles. The minimum Gasteiger partial charge on any atom is -0.343 e. The van der Waals surface area contributed by atoms with Crippen LogP contribution in [0, 0.1) is 0 Å². The van der Waals surface area contributed by atoms with E-state index in [1.54, 1.807) is 0 Å². The van der Waals surface area contributed by atoms with Crippen molar-refractivity contribution in [1.29, 1.82) is 0 Å². The molecular formula is C6H8N4O4. The van der Waals surface area contributed by atoms with E-state index < -0.39 is 23.4 Å². The Kier molecular flexibility index (Phi) is 2.06. The molecule has 1 saturated heterocycles. The highest BCUT2D eigenvalue weighted by atomic mass is 16.5. The van der Waals surface area contributed by atoms with Gasteiger partial charge in [-0.3, -0.25) is 15.3 Å². The summed E-state index contributed by atoms with van der Waals surface area (Å²) < 4.78 is 5.82. The molecule has 2 rings (SSSR count). The molecule has 8 heteroatoms. The van der Waals surface area contributed by atoms with Crippen molar-refractivity contribution in [2.24, 2.45) is 0 Å². The Bertz CT molecular complexity index is 457. The second kappa shape index (κ2) is 3.24. The lowest BCUT2D eigenvalue weighted by Crippen LogP contribution is -2.47. The van der Waals surface area contributed by atoms with E-state index >= 15 is 0 Å². The summed E-state index contributed by atoms with van der Waals surface area (Å²) in [6, 6.07) is 0. The number of hydrogen-bond acceptors (Lipinski definition) is 5. The maximum absolute atomic E-state index is 11.2. The summed E-state index contributed by atoms with van der Waals surface area (Å²) in [5, 5.41) is 2.77. The molecule has 14 heavy (non-hydrogen) atoms. The second-order valence-corrected chi connectivity index (χ2v) is 2.74. The standard InChI is InChI=1S/C6H8N4O4/c11-3-8-4(12)10(5(13)9-3)6-7-1-2-14-6/h6-7H,1-2H2,(H2,8,9,11,12,13). The van der Waals surface area contributed by atoms with Crippen LogP contribution in [0.15, 0.2) is 14.4 Å². The van der Waals surface area contributed by atoms with Crippen LogP contribution in [0.3, 0.4) is 0 Å². The van der Waals surface area contributed by atoms with Gasteiger partial charge >= 0.3 is 17.1 Å². The molecule has 0 spiro atoms. The zero-order chi connectivity index (χ0) is 10.1. The van der Waals surface area contributed by atoms with Gasteiger partial charge in [0.05, 0.1) is 6.61 Å². The molecule has 8 nitrogen and oxygen atoms in total. The van der Waals surface area contributed by atoms with Crippen molar-refractivity contribution in [1.82, 2.24) is 19.9 Å². The van der Waals surface area contributed by atoms with Gasteiger partial charge in [-0.15, -0.1) is 0 Å². The molecule has 0 aromatic carbocycles. The number of hydrogen-bond donors (Lipinski definition) is 3. The Morgan fingerprint density at radius 2 is 1.86 bits per heavy atom. The Balaban J connectivity index is 2.57. The average molecular weight is 200 g/mol. The molecule has 76 valence electrons. The minimum atomic E-state index is -0.825. The Hall–Kier alpha value is -1.67. The van der Waals surface area contributed by atoms with E-state index in [-0.39, 0.29) is 0 Å². The van der Waals surface area contributed by atoms with Crippen LogP contribution in [0.5, 0.6) is 0 Å². The fourth-order valence-corrected chi connectivity index (χ4v) is 1.23. The number of nitrogens with zero attached hydrogens (tertiary/aromatic N) is 1. The second-order valence-electron chi connectivity index (χ2n) is 2.74. The predicted molar refractivity (Wildman–Crippen MR) is 44.9 cm³/mol. The molecule has 0 radical (unpaired) electrons. The van der Waals surface area contributed by atoms with Crippen molar-refractivity contribution in [2.45, 2.75) is 6.35 Å². The quantitative estimate of drug-likeness (QED) is 0.457. The van der Waals surface area contributed by atoms with Gasteiger partial charge in [0, 0.05) is 6.54 Å². The first-order chi connectivity index (χ1) is 6.68. The monoisotopic (exact) mass is 200 g/mol. The van der Waals surface area contributed by atoms with Gasteiger partial charge in [0.2, 0.25) is 0 Å². The van der Waals surface area contributed by atoms with Gasteiger partial charge in [-0.05, 0) is 0 Å². The zero-order valence-electron chi connectivity index (χ0n) is 7.07. The van der Waals surface area contributed by atoms with Gasteiger partial charge < -0.3 is 4.74 Å². The Morgan fingerprint density at radius 1 is 1.21 bits per heavy atom. The van der Waals surface area contributed by atoms with Crippen LogP contribution in [0.4, 0.5) is 0 Å². The van der Waals surface area contributed by atoms with Crippen molar-refractivity contribution >= 4 is 0 Å². The van der Waals surface area contributed by atoms with Crippen molar-refractivity contribution in [3.05, 3.63) is 31.5 Å². The molecule has 1 aromatic heterocycles. The molecule has 1 aliphatic heterocycles. The molecule has 0 amide bonds. The SMILES string of the molecule is O=c1[nH]c(=O)n(C2NCCO2)c(=O)[nH]1. The lowest BCUT2D eigenvalue weighted by molar-refractivity contribution is 0.0364. The first-order valence-electron chi connectivity index (χ1n) is 3.98. The van der Waals surface area contributed by atoms with Crippen molar-refractivity contribution < 1.29 is 4.74 Å². The van der Waals surface area contributed by atoms with Crippen LogP contribution in [0.25, 0.3) is 0 Å². The van der Waals surface area contributed by atoms with Crippen LogP contribution in [-0.4, -0.2) is 27.7 Å². The summed E-state index contributed by atoms with van der Waals surface area (Å²) in [6.45, 7) is 0.964. The van der Waals surface area contributed by atoms with Crippen LogP contribution in [0.1, 0.15) is 6.35 Å². The summed E-state index contributed by atoms with van der Waals surface area (Å²) in [7, 11) is 0. The summed E-state index contributed by atoms with van der Waals surface area (Å²) in [4.78, 5) is 37.0. The van der Waals surface area contributed by atoms with E-state index in [9.17, 15) is 14.4 Å². The highest BCUT2D eigenvalue weighted by Crippen LogP contribution is 2.01. The molecular weight excluding hydrogens is 192 g/mol. The van der Waals surface area contributed by atoms with Crippen LogP contribution in [-0.2, 0) is 4.74 Å². The third-order valence-corrected chi connectivity index (χ3v) is 1.81. The van der Waals surface area contributed by atoms with Gasteiger partial charge in [0.1, 0.15) is 0 Å². The van der Waals surface area contributed by atoms with Crippen LogP contribution < -0.4 is 22.4 Å². The fraction of sp³-hybridized carbons (Fsp3) is 0.500. The largest absolute Gasteiger partial charge is 0.343 e. The summed E-state index contributed by atoms with van der Waals surface area (Å²) >= 11 is 0.